The average molecular weight is 709 g/mol. The predicted molar refractivity (Wildman–Crippen MR) is 181 cm³/mol. The molecule has 0 heterocycles. The van der Waals surface area contributed by atoms with Crippen LogP contribution in [0.1, 0.15) is 90.1 Å². The molecule has 3 aromatic carbocycles. The van der Waals surface area contributed by atoms with Crippen LogP contribution in [-0.4, -0.2) is 11.3 Å². The Morgan fingerprint density at radius 3 is 1.95 bits per heavy atom. The van der Waals surface area contributed by atoms with Gasteiger partial charge < -0.3 is 24.8 Å². The minimum absolute atomic E-state index is 0. The van der Waals surface area contributed by atoms with Crippen LogP contribution in [-0.2, 0) is 38.5 Å². The zero-order valence-corrected chi connectivity index (χ0v) is 33.4. The Hall–Kier alpha value is -1.31. The van der Waals surface area contributed by atoms with Gasteiger partial charge in [0.15, 0.2) is 0 Å². The van der Waals surface area contributed by atoms with E-state index in [-0.39, 0.29) is 35.6 Å². The minimum Gasteiger partial charge on any atom is -1.00 e. The Morgan fingerprint density at radius 2 is 1.42 bits per heavy atom. The Kier molecular flexibility index (Phi) is 10.8. The predicted octanol–water partition coefficient (Wildman–Crippen LogP) is 4.07. The van der Waals surface area contributed by atoms with Crippen molar-refractivity contribution in [2.45, 2.75) is 99.2 Å². The first-order valence-electron chi connectivity index (χ1n) is 15.5. The molecule has 0 saturated carbocycles. The largest absolute Gasteiger partial charge is 1.00 e. The molecule has 2 aliphatic rings. The van der Waals surface area contributed by atoms with Gasteiger partial charge in [-0.1, -0.05) is 0 Å². The Labute approximate surface area is 283 Å². The SMILES string of the molecule is CC1=[C](/[Zr+2](=[C](\C)c2ccccc2)[c]2c(C(C)(C)C)ccc3c2Cc2cc(C(C)(C)C)ccc2-3)C(C)C=C1[Si](C)(C)C.[Cl-].[Cl-]. The first-order chi connectivity index (χ1) is 19.0. The van der Waals surface area contributed by atoms with Gasteiger partial charge in [0.1, 0.15) is 0 Å². The van der Waals surface area contributed by atoms with E-state index in [1.807, 2.05) is 3.28 Å². The fraction of sp³-hybridized carbons (Fsp3) is 0.410. The third kappa shape index (κ3) is 6.79. The maximum absolute atomic E-state index is 2.67. The van der Waals surface area contributed by atoms with Crippen LogP contribution in [0.25, 0.3) is 11.1 Å². The topological polar surface area (TPSA) is 0 Å². The van der Waals surface area contributed by atoms with E-state index in [9.17, 15) is 0 Å². The van der Waals surface area contributed by atoms with Crippen molar-refractivity contribution in [1.82, 2.24) is 0 Å². The van der Waals surface area contributed by atoms with Crippen molar-refractivity contribution in [3.8, 4) is 11.1 Å². The van der Waals surface area contributed by atoms with E-state index in [1.54, 1.807) is 28.4 Å². The molecule has 0 aliphatic heterocycles. The first-order valence-corrected chi connectivity index (χ1v) is 22.7. The van der Waals surface area contributed by atoms with Gasteiger partial charge in [0.05, 0.1) is 0 Å². The quantitative estimate of drug-likeness (QED) is 0.281. The standard InChI is InChI=1S/C21H25.C10H17Si.C8H8.2ClH.Zr/c1-20(2,3)16-7-9-18-14(12-16)11-15-13-17(21(4,5)6)8-10-19(15)18;1-8-6-9(2)10(7-8)11(3,4)5;1-2-8-6-4-3-5-7-8;;;/h7-10,12H,11H2,1-6H3;7-8H,1-5H3;3-7H,1H3;2*1H;/q;;;;;+2/p-2. The summed E-state index contributed by atoms with van der Waals surface area (Å²) in [4.78, 5) is 0. The van der Waals surface area contributed by atoms with E-state index in [0.717, 1.165) is 6.42 Å². The number of hydrogen-bond donors (Lipinski definition) is 0. The van der Waals surface area contributed by atoms with Crippen molar-refractivity contribution in [3.63, 3.8) is 0 Å². The molecule has 4 heteroatoms. The van der Waals surface area contributed by atoms with Gasteiger partial charge in [0.25, 0.3) is 0 Å². The van der Waals surface area contributed by atoms with Gasteiger partial charge >= 0.3 is 261 Å². The zero-order valence-electron chi connectivity index (χ0n) is 28.4. The summed E-state index contributed by atoms with van der Waals surface area (Å²) in [6, 6.07) is 23.6. The third-order valence-corrected chi connectivity index (χ3v) is 20.0. The van der Waals surface area contributed by atoms with Gasteiger partial charge in [-0.05, 0) is 0 Å². The van der Waals surface area contributed by atoms with Crippen molar-refractivity contribution in [2.24, 2.45) is 5.92 Å². The number of hydrogen-bond acceptors (Lipinski definition) is 0. The normalized spacial score (nSPS) is 16.6. The molecule has 0 fully saturated rings. The molecular weight excluding hydrogens is 659 g/mol. The maximum atomic E-state index is 2.67. The van der Waals surface area contributed by atoms with Gasteiger partial charge in [-0.2, -0.15) is 0 Å². The fourth-order valence-corrected chi connectivity index (χ4v) is 18.9. The summed E-state index contributed by atoms with van der Waals surface area (Å²) >= 11 is -2.63. The molecule has 1 unspecified atom stereocenters. The Bertz CT molecular complexity index is 1620. The fourth-order valence-electron chi connectivity index (χ4n) is 7.18. The smallest absolute Gasteiger partial charge is 1.00 e. The van der Waals surface area contributed by atoms with Crippen LogP contribution in [0.5, 0.6) is 0 Å². The second-order valence-corrected chi connectivity index (χ2v) is 26.9. The summed E-state index contributed by atoms with van der Waals surface area (Å²) in [6.07, 6.45) is 3.73. The number of allylic oxidation sites excluding steroid dienone is 4. The third-order valence-electron chi connectivity index (χ3n) is 9.34. The minimum atomic E-state index is -2.63. The van der Waals surface area contributed by atoms with E-state index in [1.165, 1.54) is 27.8 Å². The molecule has 2 aliphatic carbocycles. The Balaban J connectivity index is 0.00000253. The van der Waals surface area contributed by atoms with Crippen LogP contribution in [0, 0.1) is 5.92 Å². The molecule has 0 spiro atoms. The first kappa shape index (κ1) is 36.2. The molecule has 0 radical (unpaired) electrons. The molecule has 0 amide bonds. The number of rotatable bonds is 4. The second kappa shape index (κ2) is 12.8. The van der Waals surface area contributed by atoms with Gasteiger partial charge in [0.2, 0.25) is 0 Å². The van der Waals surface area contributed by atoms with Crippen LogP contribution in [0.4, 0.5) is 0 Å². The second-order valence-electron chi connectivity index (χ2n) is 15.6. The molecule has 0 bridgehead atoms. The Morgan fingerprint density at radius 1 is 0.814 bits per heavy atom. The molecule has 228 valence electrons. The molecule has 43 heavy (non-hydrogen) atoms. The summed E-state index contributed by atoms with van der Waals surface area (Å²) < 4.78 is 5.25. The average Bonchev–Trinajstić information content (AvgIpc) is 3.40. The van der Waals surface area contributed by atoms with Crippen LogP contribution >= 0.6 is 0 Å². The van der Waals surface area contributed by atoms with E-state index in [0.29, 0.717) is 5.92 Å². The van der Waals surface area contributed by atoms with Crippen molar-refractivity contribution in [1.29, 1.82) is 0 Å². The number of benzene rings is 3. The van der Waals surface area contributed by atoms with Crippen LogP contribution in [0.2, 0.25) is 19.6 Å². The molecule has 0 N–H and O–H groups in total. The molecule has 0 saturated heterocycles. The van der Waals surface area contributed by atoms with E-state index >= 15 is 0 Å². The molecule has 0 nitrogen and oxygen atoms in total. The van der Waals surface area contributed by atoms with Gasteiger partial charge in [-0.25, -0.2) is 0 Å². The van der Waals surface area contributed by atoms with Gasteiger partial charge in [-0.15, -0.1) is 0 Å². The number of fused-ring (bicyclic) bond motifs is 3. The zero-order chi connectivity index (χ0) is 30.1. The summed E-state index contributed by atoms with van der Waals surface area (Å²) in [5.74, 6) is 0.518. The van der Waals surface area contributed by atoms with Crippen LogP contribution < -0.4 is 28.1 Å². The summed E-state index contributed by atoms with van der Waals surface area (Å²) in [5.41, 5.74) is 12.5. The molecular formula is C39H50Cl2SiZr. The molecule has 0 aromatic heterocycles. The molecule has 5 rings (SSSR count). The summed E-state index contributed by atoms with van der Waals surface area (Å²) in [7, 11) is -1.45. The molecule has 1 atom stereocenters. The van der Waals surface area contributed by atoms with Crippen LogP contribution in [0.3, 0.4) is 0 Å². The summed E-state index contributed by atoms with van der Waals surface area (Å²) in [6.45, 7) is 29.4. The monoisotopic (exact) mass is 706 g/mol. The van der Waals surface area contributed by atoms with Crippen molar-refractivity contribution in [2.75, 3.05) is 0 Å². The van der Waals surface area contributed by atoms with E-state index < -0.39 is 29.3 Å². The van der Waals surface area contributed by atoms with Crippen molar-refractivity contribution in [3.05, 3.63) is 109 Å². The van der Waals surface area contributed by atoms with E-state index in [4.69, 9.17) is 0 Å². The van der Waals surface area contributed by atoms with Gasteiger partial charge in [0, 0.05) is 0 Å². The van der Waals surface area contributed by atoms with Crippen molar-refractivity contribution >= 4 is 14.6 Å². The molecule has 3 aromatic rings. The number of halogens is 2. The maximum Gasteiger partial charge on any atom is -1.00 e. The van der Waals surface area contributed by atoms with Gasteiger partial charge in [-0.3, -0.25) is 0 Å². The summed E-state index contributed by atoms with van der Waals surface area (Å²) in [5, 5.41) is 1.70. The van der Waals surface area contributed by atoms with Crippen LogP contribution in [0.15, 0.2) is 80.8 Å². The van der Waals surface area contributed by atoms with Crippen molar-refractivity contribution < 1.29 is 46.1 Å². The van der Waals surface area contributed by atoms with E-state index in [2.05, 4.69) is 149 Å².